The van der Waals surface area contributed by atoms with Crippen molar-refractivity contribution in [3.8, 4) is 0 Å². The predicted octanol–water partition coefficient (Wildman–Crippen LogP) is 3.80. The Bertz CT molecular complexity index is 425. The van der Waals surface area contributed by atoms with Crippen LogP contribution in [0.3, 0.4) is 0 Å². The van der Waals surface area contributed by atoms with E-state index >= 15 is 0 Å². The Labute approximate surface area is 120 Å². The summed E-state index contributed by atoms with van der Waals surface area (Å²) in [6.07, 6.45) is 9.30. The van der Waals surface area contributed by atoms with Crippen LogP contribution < -0.4 is 5.32 Å². The van der Waals surface area contributed by atoms with Crippen LogP contribution in [0.2, 0.25) is 0 Å². The normalized spacial score (nSPS) is 25.1. The zero-order chi connectivity index (χ0) is 13.8. The minimum absolute atomic E-state index is 0.174. The lowest BCUT2D eigenvalue weighted by Crippen LogP contribution is -2.34. The summed E-state index contributed by atoms with van der Waals surface area (Å²) in [4.78, 5) is 0. The fraction of sp³-hybridized carbons (Fsp3) is 0.647. The summed E-state index contributed by atoms with van der Waals surface area (Å²) in [5.74, 6) is -0.174. The SMILES string of the molecule is Fc1ccc(CNCC2CCC3(CCCCC3)O2)cc1. The van der Waals surface area contributed by atoms with Gasteiger partial charge in [0.05, 0.1) is 11.7 Å². The summed E-state index contributed by atoms with van der Waals surface area (Å²) in [6, 6.07) is 6.70. The molecule has 0 amide bonds. The monoisotopic (exact) mass is 277 g/mol. The van der Waals surface area contributed by atoms with E-state index in [-0.39, 0.29) is 11.4 Å². The molecular weight excluding hydrogens is 253 g/mol. The van der Waals surface area contributed by atoms with Crippen molar-refractivity contribution in [3.05, 3.63) is 35.6 Å². The first-order chi connectivity index (χ1) is 9.76. The molecule has 1 N–H and O–H groups in total. The zero-order valence-electron chi connectivity index (χ0n) is 12.0. The molecule has 1 aliphatic carbocycles. The van der Waals surface area contributed by atoms with Crippen LogP contribution in [0.4, 0.5) is 4.39 Å². The van der Waals surface area contributed by atoms with Gasteiger partial charge in [-0.25, -0.2) is 4.39 Å². The van der Waals surface area contributed by atoms with E-state index in [1.165, 1.54) is 57.1 Å². The van der Waals surface area contributed by atoms with Crippen LogP contribution in [0.25, 0.3) is 0 Å². The van der Waals surface area contributed by atoms with Gasteiger partial charge >= 0.3 is 0 Å². The molecule has 1 heterocycles. The summed E-state index contributed by atoms with van der Waals surface area (Å²) in [5, 5.41) is 3.44. The highest BCUT2D eigenvalue weighted by molar-refractivity contribution is 5.15. The number of ether oxygens (including phenoxy) is 1. The molecule has 1 aromatic rings. The number of benzene rings is 1. The van der Waals surface area contributed by atoms with Crippen LogP contribution in [0.5, 0.6) is 0 Å². The highest BCUT2D eigenvalue weighted by Gasteiger charge is 2.40. The van der Waals surface area contributed by atoms with Crippen molar-refractivity contribution in [2.75, 3.05) is 6.54 Å². The van der Waals surface area contributed by atoms with Crippen molar-refractivity contribution in [3.63, 3.8) is 0 Å². The summed E-state index contributed by atoms with van der Waals surface area (Å²) < 4.78 is 19.1. The average Bonchev–Trinajstić information content (AvgIpc) is 2.85. The smallest absolute Gasteiger partial charge is 0.123 e. The molecule has 1 atom stereocenters. The molecule has 0 aromatic heterocycles. The minimum atomic E-state index is -0.174. The summed E-state index contributed by atoms with van der Waals surface area (Å²) in [7, 11) is 0. The van der Waals surface area contributed by atoms with Gasteiger partial charge in [-0.3, -0.25) is 0 Å². The Hall–Kier alpha value is -0.930. The van der Waals surface area contributed by atoms with E-state index in [0.717, 1.165) is 18.7 Å². The van der Waals surface area contributed by atoms with Gasteiger partial charge in [0.2, 0.25) is 0 Å². The second kappa shape index (κ2) is 6.23. The Balaban J connectivity index is 1.42. The Morgan fingerprint density at radius 2 is 1.85 bits per heavy atom. The lowest BCUT2D eigenvalue weighted by atomic mass is 9.83. The fourth-order valence-electron chi connectivity index (χ4n) is 3.58. The number of halogens is 1. The highest BCUT2D eigenvalue weighted by atomic mass is 19.1. The molecule has 2 nitrogen and oxygen atoms in total. The molecule has 1 saturated carbocycles. The van der Waals surface area contributed by atoms with Crippen LogP contribution in [0, 0.1) is 5.82 Å². The van der Waals surface area contributed by atoms with E-state index < -0.39 is 0 Å². The second-order valence-corrected chi connectivity index (χ2v) is 6.28. The average molecular weight is 277 g/mol. The molecule has 3 rings (SSSR count). The van der Waals surface area contributed by atoms with E-state index in [1.807, 2.05) is 12.1 Å². The third kappa shape index (κ3) is 3.39. The largest absolute Gasteiger partial charge is 0.370 e. The van der Waals surface area contributed by atoms with Gasteiger partial charge in [-0.2, -0.15) is 0 Å². The Morgan fingerprint density at radius 3 is 2.60 bits per heavy atom. The summed E-state index contributed by atoms with van der Waals surface area (Å²) in [6.45, 7) is 1.69. The van der Waals surface area contributed by atoms with Crippen LogP contribution in [0.1, 0.15) is 50.5 Å². The van der Waals surface area contributed by atoms with Crippen LogP contribution in [-0.4, -0.2) is 18.2 Å². The van der Waals surface area contributed by atoms with Crippen molar-refractivity contribution in [1.82, 2.24) is 5.32 Å². The van der Waals surface area contributed by atoms with E-state index in [0.29, 0.717) is 6.10 Å². The first kappa shape index (κ1) is 14.0. The highest BCUT2D eigenvalue weighted by Crippen LogP contribution is 2.41. The Kier molecular flexibility index (Phi) is 4.37. The second-order valence-electron chi connectivity index (χ2n) is 6.28. The number of rotatable bonds is 4. The van der Waals surface area contributed by atoms with Crippen LogP contribution in [-0.2, 0) is 11.3 Å². The van der Waals surface area contributed by atoms with Crippen molar-refractivity contribution < 1.29 is 9.13 Å². The van der Waals surface area contributed by atoms with E-state index in [9.17, 15) is 4.39 Å². The maximum atomic E-state index is 12.8. The quantitative estimate of drug-likeness (QED) is 0.904. The number of hydrogen-bond acceptors (Lipinski definition) is 2. The molecule has 1 spiro atoms. The fourth-order valence-corrected chi connectivity index (χ4v) is 3.58. The molecule has 20 heavy (non-hydrogen) atoms. The maximum Gasteiger partial charge on any atom is 0.123 e. The lowest BCUT2D eigenvalue weighted by molar-refractivity contribution is -0.0624. The maximum absolute atomic E-state index is 12.8. The standard InChI is InChI=1S/C17H24FNO/c18-15-6-4-14(5-7-15)12-19-13-16-8-11-17(20-16)9-2-1-3-10-17/h4-7,16,19H,1-3,8-13H2. The molecule has 1 unspecified atom stereocenters. The van der Waals surface area contributed by atoms with Crippen molar-refractivity contribution in [2.24, 2.45) is 0 Å². The molecule has 1 aliphatic heterocycles. The third-order valence-corrected chi connectivity index (χ3v) is 4.72. The molecule has 3 heteroatoms. The molecule has 2 fully saturated rings. The van der Waals surface area contributed by atoms with E-state index in [1.54, 1.807) is 0 Å². The number of hydrogen-bond donors (Lipinski definition) is 1. The van der Waals surface area contributed by atoms with Crippen molar-refractivity contribution in [2.45, 2.75) is 63.2 Å². The van der Waals surface area contributed by atoms with Crippen molar-refractivity contribution >= 4 is 0 Å². The topological polar surface area (TPSA) is 21.3 Å². The van der Waals surface area contributed by atoms with Gasteiger partial charge < -0.3 is 10.1 Å². The van der Waals surface area contributed by atoms with Gasteiger partial charge in [0.15, 0.2) is 0 Å². The summed E-state index contributed by atoms with van der Waals surface area (Å²) >= 11 is 0. The molecule has 1 aromatic carbocycles. The van der Waals surface area contributed by atoms with Gasteiger partial charge in [-0.1, -0.05) is 31.4 Å². The molecule has 110 valence electrons. The van der Waals surface area contributed by atoms with Gasteiger partial charge in [0, 0.05) is 13.1 Å². The van der Waals surface area contributed by atoms with E-state index in [4.69, 9.17) is 4.74 Å². The first-order valence-electron chi connectivity index (χ1n) is 7.89. The third-order valence-electron chi connectivity index (χ3n) is 4.72. The zero-order valence-corrected chi connectivity index (χ0v) is 12.0. The van der Waals surface area contributed by atoms with Crippen LogP contribution >= 0.6 is 0 Å². The Morgan fingerprint density at radius 1 is 1.10 bits per heavy atom. The summed E-state index contributed by atoms with van der Waals surface area (Å²) in [5.41, 5.74) is 1.33. The predicted molar refractivity (Wildman–Crippen MR) is 78.0 cm³/mol. The first-order valence-corrected chi connectivity index (χ1v) is 7.89. The molecule has 2 aliphatic rings. The van der Waals surface area contributed by atoms with E-state index in [2.05, 4.69) is 5.32 Å². The molecular formula is C17H24FNO. The molecule has 0 radical (unpaired) electrons. The van der Waals surface area contributed by atoms with Crippen LogP contribution in [0.15, 0.2) is 24.3 Å². The number of nitrogens with one attached hydrogen (secondary N) is 1. The van der Waals surface area contributed by atoms with Crippen molar-refractivity contribution in [1.29, 1.82) is 0 Å². The van der Waals surface area contributed by atoms with Gasteiger partial charge in [0.25, 0.3) is 0 Å². The molecule has 1 saturated heterocycles. The van der Waals surface area contributed by atoms with Gasteiger partial charge in [-0.05, 0) is 43.4 Å². The lowest BCUT2D eigenvalue weighted by Gasteiger charge is -2.33. The van der Waals surface area contributed by atoms with Gasteiger partial charge in [0.1, 0.15) is 5.82 Å². The van der Waals surface area contributed by atoms with Gasteiger partial charge in [-0.15, -0.1) is 0 Å². The minimum Gasteiger partial charge on any atom is -0.370 e. The molecule has 0 bridgehead atoms.